The number of hydrogen-bond acceptors (Lipinski definition) is 4. The standard InChI is InChI=1S/C36H40S4/c1-6-9-11-24(8-3)19-28-18-23(5)38-36(28)32-21-27-14-16-29-30(34(27)40-32)15-13-26-20-31(39-33(26)29)35-25(12-10-7-2)17-22(4)37-35/h13-18,20-21,24H,6-12,19H2,1-5H3. The number of fused-ring (bicyclic) bond motifs is 5. The van der Waals surface area contributed by atoms with E-state index < -0.39 is 0 Å². The summed E-state index contributed by atoms with van der Waals surface area (Å²) in [5.74, 6) is 0.791. The first-order valence-electron chi connectivity index (χ1n) is 15.1. The van der Waals surface area contributed by atoms with E-state index in [9.17, 15) is 0 Å². The highest BCUT2D eigenvalue weighted by Crippen LogP contribution is 2.46. The van der Waals surface area contributed by atoms with E-state index >= 15 is 0 Å². The van der Waals surface area contributed by atoms with Gasteiger partial charge in [0.05, 0.1) is 0 Å². The first-order chi connectivity index (χ1) is 19.5. The van der Waals surface area contributed by atoms with E-state index in [4.69, 9.17) is 0 Å². The summed E-state index contributed by atoms with van der Waals surface area (Å²) in [7, 11) is 0. The fourth-order valence-electron chi connectivity index (χ4n) is 6.13. The van der Waals surface area contributed by atoms with Crippen molar-refractivity contribution in [1.82, 2.24) is 0 Å². The monoisotopic (exact) mass is 600 g/mol. The zero-order valence-corrected chi connectivity index (χ0v) is 27.8. The topological polar surface area (TPSA) is 0 Å². The third-order valence-corrected chi connectivity index (χ3v) is 13.2. The summed E-state index contributed by atoms with van der Waals surface area (Å²) in [6.07, 6.45) is 10.2. The summed E-state index contributed by atoms with van der Waals surface area (Å²) in [4.78, 5) is 8.75. The summed E-state index contributed by atoms with van der Waals surface area (Å²) >= 11 is 7.95. The highest BCUT2D eigenvalue weighted by molar-refractivity contribution is 7.28. The molecule has 1 atom stereocenters. The van der Waals surface area contributed by atoms with Crippen LogP contribution in [0.3, 0.4) is 0 Å². The number of rotatable bonds is 11. The van der Waals surface area contributed by atoms with Crippen LogP contribution in [0.2, 0.25) is 0 Å². The van der Waals surface area contributed by atoms with Gasteiger partial charge in [-0.25, -0.2) is 0 Å². The van der Waals surface area contributed by atoms with Crippen LogP contribution < -0.4 is 0 Å². The Morgan fingerprint density at radius 1 is 0.625 bits per heavy atom. The molecule has 4 heterocycles. The lowest BCUT2D eigenvalue weighted by Crippen LogP contribution is -2.03. The molecule has 0 aliphatic carbocycles. The van der Waals surface area contributed by atoms with Crippen LogP contribution in [-0.2, 0) is 12.8 Å². The Morgan fingerprint density at radius 2 is 1.18 bits per heavy atom. The molecule has 0 saturated heterocycles. The number of thiophene rings is 4. The predicted octanol–water partition coefficient (Wildman–Crippen LogP) is 13.4. The van der Waals surface area contributed by atoms with E-state index in [0.29, 0.717) is 0 Å². The van der Waals surface area contributed by atoms with Gasteiger partial charge in [0.2, 0.25) is 0 Å². The first-order valence-corrected chi connectivity index (χ1v) is 18.3. The van der Waals surface area contributed by atoms with Gasteiger partial charge in [0.15, 0.2) is 0 Å². The number of unbranched alkanes of at least 4 members (excludes halogenated alkanes) is 2. The van der Waals surface area contributed by atoms with E-state index in [0.717, 1.165) is 5.92 Å². The van der Waals surface area contributed by atoms with Gasteiger partial charge < -0.3 is 0 Å². The normalized spacial score (nSPS) is 12.8. The van der Waals surface area contributed by atoms with Gasteiger partial charge >= 0.3 is 0 Å². The molecule has 6 rings (SSSR count). The van der Waals surface area contributed by atoms with Gasteiger partial charge in [-0.1, -0.05) is 77.1 Å². The van der Waals surface area contributed by atoms with Crippen LogP contribution in [0.5, 0.6) is 0 Å². The molecule has 0 bridgehead atoms. The van der Waals surface area contributed by atoms with E-state index in [-0.39, 0.29) is 0 Å². The number of benzene rings is 2. The van der Waals surface area contributed by atoms with Gasteiger partial charge in [0, 0.05) is 49.4 Å². The Balaban J connectivity index is 1.40. The molecule has 6 aromatic rings. The lowest BCUT2D eigenvalue weighted by Gasteiger charge is -2.14. The van der Waals surface area contributed by atoms with Crippen molar-refractivity contribution in [3.8, 4) is 19.5 Å². The van der Waals surface area contributed by atoms with Crippen molar-refractivity contribution >= 4 is 76.3 Å². The van der Waals surface area contributed by atoms with Crippen molar-refractivity contribution in [2.75, 3.05) is 0 Å². The molecule has 4 aromatic heterocycles. The largest absolute Gasteiger partial charge is 0.139 e. The Kier molecular flexibility index (Phi) is 8.51. The molecule has 0 aliphatic rings. The molecule has 2 aromatic carbocycles. The highest BCUT2D eigenvalue weighted by Gasteiger charge is 2.18. The average molecular weight is 601 g/mol. The molecule has 4 heteroatoms. The molecular weight excluding hydrogens is 561 g/mol. The molecular formula is C36H40S4. The van der Waals surface area contributed by atoms with Gasteiger partial charge in [0.1, 0.15) is 0 Å². The Labute approximate surface area is 255 Å². The van der Waals surface area contributed by atoms with E-state index in [1.807, 2.05) is 45.3 Å². The van der Waals surface area contributed by atoms with E-state index in [2.05, 4.69) is 83.1 Å². The number of aryl methyl sites for hydroxylation is 3. The van der Waals surface area contributed by atoms with Crippen LogP contribution in [0.15, 0.2) is 48.5 Å². The lowest BCUT2D eigenvalue weighted by atomic mass is 9.92. The predicted molar refractivity (Wildman–Crippen MR) is 186 cm³/mol. The van der Waals surface area contributed by atoms with Gasteiger partial charge in [-0.2, -0.15) is 0 Å². The Bertz CT molecular complexity index is 1770. The van der Waals surface area contributed by atoms with Gasteiger partial charge in [0.25, 0.3) is 0 Å². The molecule has 0 amide bonds. The van der Waals surface area contributed by atoms with Crippen LogP contribution >= 0.6 is 45.3 Å². The van der Waals surface area contributed by atoms with Crippen LogP contribution in [0, 0.1) is 19.8 Å². The molecule has 1 unspecified atom stereocenters. The maximum Gasteiger partial charge on any atom is 0.0477 e. The molecule has 0 nitrogen and oxygen atoms in total. The van der Waals surface area contributed by atoms with Crippen LogP contribution in [0.25, 0.3) is 50.5 Å². The number of hydrogen-bond donors (Lipinski definition) is 0. The minimum Gasteiger partial charge on any atom is -0.139 e. The quantitative estimate of drug-likeness (QED) is 0.139. The highest BCUT2D eigenvalue weighted by atomic mass is 32.1. The third-order valence-electron chi connectivity index (χ3n) is 8.32. The molecule has 0 saturated carbocycles. The molecule has 0 aliphatic heterocycles. The van der Waals surface area contributed by atoms with Crippen molar-refractivity contribution in [3.63, 3.8) is 0 Å². The maximum absolute atomic E-state index is 2.47. The fraction of sp³-hybridized carbons (Fsp3) is 0.389. The van der Waals surface area contributed by atoms with Crippen LogP contribution in [0.1, 0.15) is 80.2 Å². The fourth-order valence-corrected chi connectivity index (χ4v) is 10.9. The van der Waals surface area contributed by atoms with Crippen molar-refractivity contribution < 1.29 is 0 Å². The molecule has 40 heavy (non-hydrogen) atoms. The van der Waals surface area contributed by atoms with Crippen molar-refractivity contribution in [2.45, 2.75) is 86.0 Å². The summed E-state index contributed by atoms with van der Waals surface area (Å²) in [5, 5.41) is 5.58. The second kappa shape index (κ2) is 12.1. The van der Waals surface area contributed by atoms with Gasteiger partial charge in [-0.05, 0) is 85.2 Å². The van der Waals surface area contributed by atoms with Crippen molar-refractivity contribution in [2.24, 2.45) is 5.92 Å². The minimum atomic E-state index is 0.791. The van der Waals surface area contributed by atoms with Crippen LogP contribution in [-0.4, -0.2) is 0 Å². The molecule has 0 N–H and O–H groups in total. The van der Waals surface area contributed by atoms with Gasteiger partial charge in [-0.3, -0.25) is 0 Å². The first kappa shape index (κ1) is 28.2. The average Bonchev–Trinajstić information content (AvgIpc) is 3.73. The van der Waals surface area contributed by atoms with E-state index in [1.165, 1.54) is 117 Å². The minimum absolute atomic E-state index is 0.791. The Morgan fingerprint density at radius 3 is 1.73 bits per heavy atom. The lowest BCUT2D eigenvalue weighted by molar-refractivity contribution is 0.450. The molecule has 0 spiro atoms. The second-order valence-electron chi connectivity index (χ2n) is 11.4. The second-order valence-corrected chi connectivity index (χ2v) is 16.0. The Hall–Kier alpha value is -1.98. The van der Waals surface area contributed by atoms with Crippen LogP contribution in [0.4, 0.5) is 0 Å². The van der Waals surface area contributed by atoms with E-state index in [1.54, 1.807) is 5.56 Å². The SMILES string of the molecule is CCCCc1cc(C)sc1-c1cc2ccc3c(ccc4cc(-c5sc(C)cc5CC(CC)CCCC)sc43)c2s1. The maximum atomic E-state index is 2.47. The molecule has 208 valence electrons. The van der Waals surface area contributed by atoms with Gasteiger partial charge in [-0.15, -0.1) is 45.3 Å². The zero-order valence-electron chi connectivity index (χ0n) is 24.5. The molecule has 0 radical (unpaired) electrons. The summed E-state index contributed by atoms with van der Waals surface area (Å²) < 4.78 is 2.88. The van der Waals surface area contributed by atoms with Crippen molar-refractivity contribution in [3.05, 3.63) is 69.4 Å². The third kappa shape index (κ3) is 5.45. The smallest absolute Gasteiger partial charge is 0.0477 e. The van der Waals surface area contributed by atoms with Crippen molar-refractivity contribution in [1.29, 1.82) is 0 Å². The summed E-state index contributed by atoms with van der Waals surface area (Å²) in [5.41, 5.74) is 3.10. The zero-order chi connectivity index (χ0) is 27.8. The molecule has 0 fully saturated rings. The summed E-state index contributed by atoms with van der Waals surface area (Å²) in [6, 6.07) is 19.3. The summed E-state index contributed by atoms with van der Waals surface area (Å²) in [6.45, 7) is 11.5.